The van der Waals surface area contributed by atoms with Gasteiger partial charge in [0.1, 0.15) is 0 Å². The molecule has 0 radical (unpaired) electrons. The molecule has 1 aliphatic carbocycles. The van der Waals surface area contributed by atoms with E-state index in [2.05, 4.69) is 21.2 Å². The number of carbonyl (C=O) groups is 3. The Labute approximate surface area is 162 Å². The predicted octanol–water partition coefficient (Wildman–Crippen LogP) is 1.68. The van der Waals surface area contributed by atoms with Gasteiger partial charge in [0.15, 0.2) is 11.5 Å². The zero-order chi connectivity index (χ0) is 19.9. The van der Waals surface area contributed by atoms with Gasteiger partial charge in [-0.3, -0.25) is 14.4 Å². The number of anilines is 1. The SMILES string of the molecule is C/C(CC(=O)Nc1ccc2c(c1)OCO2)=N\NC(=O)C(=O)NC1CCCCC1. The maximum atomic E-state index is 12.1. The predicted molar refractivity (Wildman–Crippen MR) is 102 cm³/mol. The molecule has 2 aliphatic rings. The van der Waals surface area contributed by atoms with Crippen LogP contribution in [0.4, 0.5) is 5.69 Å². The molecule has 28 heavy (non-hydrogen) atoms. The summed E-state index contributed by atoms with van der Waals surface area (Å²) in [6.45, 7) is 1.76. The normalized spacial score (nSPS) is 16.4. The van der Waals surface area contributed by atoms with Gasteiger partial charge >= 0.3 is 11.8 Å². The van der Waals surface area contributed by atoms with E-state index in [1.165, 1.54) is 0 Å². The van der Waals surface area contributed by atoms with Gasteiger partial charge in [-0.1, -0.05) is 19.3 Å². The Morgan fingerprint density at radius 3 is 2.61 bits per heavy atom. The molecule has 150 valence electrons. The number of nitrogens with zero attached hydrogens (tertiary/aromatic N) is 1. The molecule has 3 rings (SSSR count). The molecule has 1 fully saturated rings. The molecule has 0 aromatic heterocycles. The van der Waals surface area contributed by atoms with Crippen molar-refractivity contribution in [3.05, 3.63) is 18.2 Å². The molecule has 1 saturated carbocycles. The quantitative estimate of drug-likeness (QED) is 0.403. The number of nitrogens with one attached hydrogen (secondary N) is 3. The minimum atomic E-state index is -0.832. The van der Waals surface area contributed by atoms with Crippen LogP contribution in [0.2, 0.25) is 0 Å². The number of carbonyl (C=O) groups excluding carboxylic acids is 3. The maximum Gasteiger partial charge on any atom is 0.329 e. The molecular weight excluding hydrogens is 364 g/mol. The smallest absolute Gasteiger partial charge is 0.329 e. The number of hydrogen-bond acceptors (Lipinski definition) is 6. The number of amides is 3. The summed E-state index contributed by atoms with van der Waals surface area (Å²) in [5, 5.41) is 9.26. The van der Waals surface area contributed by atoms with Gasteiger partial charge in [0, 0.05) is 23.5 Å². The first-order chi connectivity index (χ1) is 13.5. The fraction of sp³-hybridized carbons (Fsp3) is 0.474. The van der Waals surface area contributed by atoms with Crippen LogP contribution in [0.15, 0.2) is 23.3 Å². The largest absolute Gasteiger partial charge is 0.454 e. The van der Waals surface area contributed by atoms with Crippen molar-refractivity contribution in [2.75, 3.05) is 12.1 Å². The van der Waals surface area contributed by atoms with Crippen molar-refractivity contribution in [2.45, 2.75) is 51.5 Å². The van der Waals surface area contributed by atoms with Crippen molar-refractivity contribution in [2.24, 2.45) is 5.10 Å². The Bertz CT molecular complexity index is 787. The van der Waals surface area contributed by atoms with Gasteiger partial charge in [0.2, 0.25) is 12.7 Å². The van der Waals surface area contributed by atoms with Crippen LogP contribution >= 0.6 is 0 Å². The summed E-state index contributed by atoms with van der Waals surface area (Å²) in [6, 6.07) is 5.13. The first kappa shape index (κ1) is 19.7. The Morgan fingerprint density at radius 2 is 1.82 bits per heavy atom. The summed E-state index contributed by atoms with van der Waals surface area (Å²) in [6.07, 6.45) is 5.03. The number of rotatable bonds is 5. The Kier molecular flexibility index (Phi) is 6.46. The summed E-state index contributed by atoms with van der Waals surface area (Å²) >= 11 is 0. The second-order valence-electron chi connectivity index (χ2n) is 6.89. The van der Waals surface area contributed by atoms with Crippen LogP contribution in [0, 0.1) is 0 Å². The minimum Gasteiger partial charge on any atom is -0.454 e. The molecule has 3 amide bonds. The van der Waals surface area contributed by atoms with Crippen molar-refractivity contribution >= 4 is 29.1 Å². The van der Waals surface area contributed by atoms with E-state index in [4.69, 9.17) is 9.47 Å². The maximum absolute atomic E-state index is 12.1. The third kappa shape index (κ3) is 5.45. The van der Waals surface area contributed by atoms with Crippen LogP contribution in [0.3, 0.4) is 0 Å². The van der Waals surface area contributed by atoms with Gasteiger partial charge in [0.25, 0.3) is 0 Å². The summed E-state index contributed by atoms with van der Waals surface area (Å²) in [7, 11) is 0. The van der Waals surface area contributed by atoms with Crippen molar-refractivity contribution in [3.63, 3.8) is 0 Å². The first-order valence-electron chi connectivity index (χ1n) is 9.35. The molecule has 0 unspecified atom stereocenters. The van der Waals surface area contributed by atoms with E-state index in [1.54, 1.807) is 25.1 Å². The number of ether oxygens (including phenoxy) is 2. The monoisotopic (exact) mass is 388 g/mol. The summed E-state index contributed by atoms with van der Waals surface area (Å²) in [4.78, 5) is 35.8. The highest BCUT2D eigenvalue weighted by molar-refractivity contribution is 6.35. The Hall–Kier alpha value is -3.10. The number of benzene rings is 1. The fourth-order valence-electron chi connectivity index (χ4n) is 3.15. The average Bonchev–Trinajstić information content (AvgIpc) is 3.14. The highest BCUT2D eigenvalue weighted by Crippen LogP contribution is 2.34. The molecule has 0 atom stereocenters. The van der Waals surface area contributed by atoms with Crippen molar-refractivity contribution in [3.8, 4) is 11.5 Å². The van der Waals surface area contributed by atoms with Gasteiger partial charge in [-0.05, 0) is 31.9 Å². The van der Waals surface area contributed by atoms with Crippen LogP contribution in [0.5, 0.6) is 11.5 Å². The summed E-state index contributed by atoms with van der Waals surface area (Å²) in [5.41, 5.74) is 3.14. The van der Waals surface area contributed by atoms with Crippen LogP contribution in [0.1, 0.15) is 45.4 Å². The van der Waals surface area contributed by atoms with Gasteiger partial charge in [-0.15, -0.1) is 0 Å². The molecule has 0 saturated heterocycles. The molecule has 9 nitrogen and oxygen atoms in total. The van der Waals surface area contributed by atoms with E-state index in [-0.39, 0.29) is 25.2 Å². The van der Waals surface area contributed by atoms with E-state index in [9.17, 15) is 14.4 Å². The standard InChI is InChI=1S/C19H24N4O5/c1-12(22-23-19(26)18(25)21-13-5-3-2-4-6-13)9-17(24)20-14-7-8-15-16(10-14)28-11-27-15/h7-8,10,13H,2-6,9,11H2,1H3,(H,20,24)(H,21,25)(H,23,26)/b22-12+. The highest BCUT2D eigenvalue weighted by Gasteiger charge is 2.20. The second-order valence-corrected chi connectivity index (χ2v) is 6.89. The van der Waals surface area contributed by atoms with E-state index >= 15 is 0 Å². The number of hydrogen-bond donors (Lipinski definition) is 3. The molecular formula is C19H24N4O5. The molecule has 3 N–H and O–H groups in total. The number of hydrazone groups is 1. The van der Waals surface area contributed by atoms with E-state index in [0.717, 1.165) is 32.1 Å². The van der Waals surface area contributed by atoms with Gasteiger partial charge in [-0.2, -0.15) is 5.10 Å². The molecule has 9 heteroatoms. The number of fused-ring (bicyclic) bond motifs is 1. The summed E-state index contributed by atoms with van der Waals surface area (Å²) < 4.78 is 10.5. The van der Waals surface area contributed by atoms with Gasteiger partial charge in [-0.25, -0.2) is 5.43 Å². The van der Waals surface area contributed by atoms with Crippen LogP contribution < -0.4 is 25.5 Å². The Balaban J connectivity index is 1.43. The lowest BCUT2D eigenvalue weighted by atomic mass is 9.95. The van der Waals surface area contributed by atoms with Crippen molar-refractivity contribution < 1.29 is 23.9 Å². The third-order valence-electron chi connectivity index (χ3n) is 4.57. The lowest BCUT2D eigenvalue weighted by Gasteiger charge is -2.22. The Morgan fingerprint density at radius 1 is 1.07 bits per heavy atom. The van der Waals surface area contributed by atoms with E-state index < -0.39 is 11.8 Å². The van der Waals surface area contributed by atoms with Crippen LogP contribution in [0.25, 0.3) is 0 Å². The first-order valence-corrected chi connectivity index (χ1v) is 9.35. The van der Waals surface area contributed by atoms with Crippen LogP contribution in [-0.2, 0) is 14.4 Å². The molecule has 1 aromatic carbocycles. The van der Waals surface area contributed by atoms with Crippen molar-refractivity contribution in [1.82, 2.24) is 10.7 Å². The molecule has 1 heterocycles. The molecule has 1 aliphatic heterocycles. The third-order valence-corrected chi connectivity index (χ3v) is 4.57. The van der Waals surface area contributed by atoms with E-state index in [1.807, 2.05) is 0 Å². The lowest BCUT2D eigenvalue weighted by Crippen LogP contribution is -2.44. The van der Waals surface area contributed by atoms with Crippen molar-refractivity contribution in [1.29, 1.82) is 0 Å². The summed E-state index contributed by atoms with van der Waals surface area (Å²) in [5.74, 6) is -0.639. The lowest BCUT2D eigenvalue weighted by molar-refractivity contribution is -0.139. The fourth-order valence-corrected chi connectivity index (χ4v) is 3.15. The molecule has 0 bridgehead atoms. The molecule has 1 aromatic rings. The van der Waals surface area contributed by atoms with E-state index in [0.29, 0.717) is 22.9 Å². The van der Waals surface area contributed by atoms with Gasteiger partial charge in [0.05, 0.1) is 6.42 Å². The zero-order valence-electron chi connectivity index (χ0n) is 15.7. The molecule has 0 spiro atoms. The topological polar surface area (TPSA) is 118 Å². The minimum absolute atomic E-state index is 0.0288. The highest BCUT2D eigenvalue weighted by atomic mass is 16.7. The van der Waals surface area contributed by atoms with Gasteiger partial charge < -0.3 is 20.1 Å². The zero-order valence-corrected chi connectivity index (χ0v) is 15.7. The van der Waals surface area contributed by atoms with Crippen LogP contribution in [-0.4, -0.2) is 36.3 Å². The second kappa shape index (κ2) is 9.20. The average molecular weight is 388 g/mol.